The molecule has 1 amide bonds. The second-order valence-electron chi connectivity index (χ2n) is 6.25. The number of ether oxygens (including phenoxy) is 1. The van der Waals surface area contributed by atoms with Crippen LogP contribution in [0.1, 0.15) is 22.5 Å². The van der Waals surface area contributed by atoms with Gasteiger partial charge in [-0.2, -0.15) is 4.31 Å². The van der Waals surface area contributed by atoms with E-state index in [9.17, 15) is 22.4 Å². The number of methoxy groups -OCH3 is 1. The maximum Gasteiger partial charge on any atom is 0.350 e. The Labute approximate surface area is 166 Å². The largest absolute Gasteiger partial charge is 0.465 e. The number of carbonyl (C=O) groups excluding carboxylic acids is 2. The van der Waals surface area contributed by atoms with E-state index in [-0.39, 0.29) is 23.9 Å². The molecule has 2 aromatic rings. The molecule has 7 nitrogen and oxygen atoms in total. The minimum Gasteiger partial charge on any atom is -0.465 e. The molecule has 1 fully saturated rings. The minimum atomic E-state index is -3.95. The summed E-state index contributed by atoms with van der Waals surface area (Å²) < 4.78 is 45.0. The van der Waals surface area contributed by atoms with Crippen molar-refractivity contribution in [1.29, 1.82) is 0 Å². The van der Waals surface area contributed by atoms with Crippen LogP contribution in [0.25, 0.3) is 0 Å². The summed E-state index contributed by atoms with van der Waals surface area (Å²) in [4.78, 5) is 24.2. The van der Waals surface area contributed by atoms with Crippen LogP contribution in [0.5, 0.6) is 0 Å². The number of piperidine rings is 1. The topological polar surface area (TPSA) is 92.8 Å². The second kappa shape index (κ2) is 8.38. The quantitative estimate of drug-likeness (QED) is 0.742. The lowest BCUT2D eigenvalue weighted by Gasteiger charge is -2.30. The van der Waals surface area contributed by atoms with Crippen LogP contribution >= 0.6 is 11.3 Å². The summed E-state index contributed by atoms with van der Waals surface area (Å²) in [5.74, 6) is -2.02. The van der Waals surface area contributed by atoms with E-state index in [1.54, 1.807) is 11.4 Å². The number of hydrogen-bond acceptors (Lipinski definition) is 6. The summed E-state index contributed by atoms with van der Waals surface area (Å²) in [7, 11) is -2.68. The zero-order chi connectivity index (χ0) is 20.3. The molecule has 0 saturated carbocycles. The first-order valence-corrected chi connectivity index (χ1v) is 10.9. The SMILES string of the molecule is COC(=O)c1sccc1NC(=O)C1CCN(S(=O)(=O)c2ccccc2F)CC1. The molecule has 150 valence electrons. The van der Waals surface area contributed by atoms with E-state index in [0.29, 0.717) is 23.4 Å². The van der Waals surface area contributed by atoms with Crippen molar-refractivity contribution in [2.24, 2.45) is 5.92 Å². The van der Waals surface area contributed by atoms with Gasteiger partial charge in [-0.1, -0.05) is 12.1 Å². The molecule has 1 aliphatic heterocycles. The van der Waals surface area contributed by atoms with Gasteiger partial charge in [-0.05, 0) is 36.4 Å². The summed E-state index contributed by atoms with van der Waals surface area (Å²) >= 11 is 1.16. The summed E-state index contributed by atoms with van der Waals surface area (Å²) in [6.07, 6.45) is 0.606. The molecule has 1 saturated heterocycles. The van der Waals surface area contributed by atoms with Gasteiger partial charge in [-0.25, -0.2) is 17.6 Å². The van der Waals surface area contributed by atoms with Crippen LogP contribution in [0.3, 0.4) is 0 Å². The fraction of sp³-hybridized carbons (Fsp3) is 0.333. The summed E-state index contributed by atoms with van der Waals surface area (Å²) in [5.41, 5.74) is 0.378. The van der Waals surface area contributed by atoms with Crippen LogP contribution in [0.4, 0.5) is 10.1 Å². The molecule has 10 heteroatoms. The number of nitrogens with one attached hydrogen (secondary N) is 1. The van der Waals surface area contributed by atoms with E-state index in [0.717, 1.165) is 17.4 Å². The summed E-state index contributed by atoms with van der Waals surface area (Å²) in [6, 6.07) is 6.85. The lowest BCUT2D eigenvalue weighted by atomic mass is 9.97. The second-order valence-corrected chi connectivity index (χ2v) is 9.08. The molecular formula is C18H19FN2O5S2. The van der Waals surface area contributed by atoms with Crippen molar-refractivity contribution >= 4 is 38.9 Å². The van der Waals surface area contributed by atoms with E-state index < -0.39 is 27.7 Å². The van der Waals surface area contributed by atoms with Gasteiger partial charge in [0.15, 0.2) is 0 Å². The Morgan fingerprint density at radius 1 is 1.21 bits per heavy atom. The first kappa shape index (κ1) is 20.4. The Kier molecular flexibility index (Phi) is 6.11. The number of nitrogens with zero attached hydrogens (tertiary/aromatic N) is 1. The lowest BCUT2D eigenvalue weighted by Crippen LogP contribution is -2.41. The number of halogens is 1. The van der Waals surface area contributed by atoms with E-state index in [1.165, 1.54) is 29.6 Å². The minimum absolute atomic E-state index is 0.113. The Morgan fingerprint density at radius 2 is 1.89 bits per heavy atom. The van der Waals surface area contributed by atoms with Crippen molar-refractivity contribution in [2.45, 2.75) is 17.7 Å². The van der Waals surface area contributed by atoms with Crippen molar-refractivity contribution in [3.05, 3.63) is 46.4 Å². The fourth-order valence-corrected chi connectivity index (χ4v) is 5.35. The number of sulfonamides is 1. The average Bonchev–Trinajstić information content (AvgIpc) is 3.15. The number of amides is 1. The Morgan fingerprint density at radius 3 is 2.54 bits per heavy atom. The van der Waals surface area contributed by atoms with Crippen LogP contribution in [0.15, 0.2) is 40.6 Å². The van der Waals surface area contributed by atoms with Crippen molar-refractivity contribution in [3.8, 4) is 0 Å². The number of carbonyl (C=O) groups is 2. The van der Waals surface area contributed by atoms with Crippen molar-refractivity contribution < 1.29 is 27.1 Å². The molecule has 0 atom stereocenters. The molecule has 0 aliphatic carbocycles. The van der Waals surface area contributed by atoms with Gasteiger partial charge in [0.25, 0.3) is 0 Å². The lowest BCUT2D eigenvalue weighted by molar-refractivity contribution is -0.120. The highest BCUT2D eigenvalue weighted by atomic mass is 32.2. The van der Waals surface area contributed by atoms with Crippen LogP contribution in [-0.2, 0) is 19.6 Å². The number of thiophene rings is 1. The van der Waals surface area contributed by atoms with E-state index in [4.69, 9.17) is 0 Å². The normalized spacial score (nSPS) is 15.9. The van der Waals surface area contributed by atoms with E-state index in [2.05, 4.69) is 10.1 Å². The van der Waals surface area contributed by atoms with Gasteiger partial charge in [-0.15, -0.1) is 11.3 Å². The standard InChI is InChI=1S/C18H19FN2O5S2/c1-26-18(23)16-14(8-11-27-16)20-17(22)12-6-9-21(10-7-12)28(24,25)15-5-3-2-4-13(15)19/h2-5,8,11-12H,6-7,9-10H2,1H3,(H,20,22). The van der Waals surface area contributed by atoms with Gasteiger partial charge in [0.05, 0.1) is 12.8 Å². The fourth-order valence-electron chi connectivity index (χ4n) is 3.04. The highest BCUT2D eigenvalue weighted by Crippen LogP contribution is 2.28. The third kappa shape index (κ3) is 4.08. The Balaban J connectivity index is 1.64. The zero-order valence-electron chi connectivity index (χ0n) is 15.1. The zero-order valence-corrected chi connectivity index (χ0v) is 16.7. The molecule has 0 spiro atoms. The third-order valence-corrected chi connectivity index (χ3v) is 7.40. The predicted octanol–water partition coefficient (Wildman–Crippen LogP) is 2.71. The molecule has 1 aromatic heterocycles. The molecule has 0 unspecified atom stereocenters. The molecule has 1 aliphatic rings. The third-order valence-electron chi connectivity index (χ3n) is 4.57. The van der Waals surface area contributed by atoms with Crippen molar-refractivity contribution in [3.63, 3.8) is 0 Å². The van der Waals surface area contributed by atoms with Gasteiger partial charge >= 0.3 is 5.97 Å². The number of hydrogen-bond donors (Lipinski definition) is 1. The first-order chi connectivity index (χ1) is 13.3. The van der Waals surface area contributed by atoms with Crippen molar-refractivity contribution in [2.75, 3.05) is 25.5 Å². The van der Waals surface area contributed by atoms with E-state index >= 15 is 0 Å². The van der Waals surface area contributed by atoms with Crippen LogP contribution in [-0.4, -0.2) is 44.8 Å². The molecule has 3 rings (SSSR count). The smallest absolute Gasteiger partial charge is 0.350 e. The molecule has 2 heterocycles. The van der Waals surface area contributed by atoms with Crippen LogP contribution in [0, 0.1) is 11.7 Å². The van der Waals surface area contributed by atoms with Gasteiger partial charge < -0.3 is 10.1 Å². The first-order valence-electron chi connectivity index (χ1n) is 8.56. The molecular weight excluding hydrogens is 407 g/mol. The Bertz CT molecular complexity index is 981. The van der Waals surface area contributed by atoms with Gasteiger partial charge in [0.1, 0.15) is 15.6 Å². The van der Waals surface area contributed by atoms with Crippen LogP contribution in [0.2, 0.25) is 0 Å². The van der Waals surface area contributed by atoms with Gasteiger partial charge in [0.2, 0.25) is 15.9 Å². The molecule has 28 heavy (non-hydrogen) atoms. The highest BCUT2D eigenvalue weighted by Gasteiger charge is 2.33. The number of esters is 1. The summed E-state index contributed by atoms with van der Waals surface area (Å²) in [5, 5.41) is 4.38. The van der Waals surface area contributed by atoms with Crippen LogP contribution < -0.4 is 5.32 Å². The molecule has 1 N–H and O–H groups in total. The maximum absolute atomic E-state index is 13.9. The predicted molar refractivity (Wildman–Crippen MR) is 102 cm³/mol. The molecule has 1 aromatic carbocycles. The van der Waals surface area contributed by atoms with Crippen molar-refractivity contribution in [1.82, 2.24) is 4.31 Å². The maximum atomic E-state index is 13.9. The van der Waals surface area contributed by atoms with E-state index in [1.807, 2.05) is 0 Å². The number of anilines is 1. The monoisotopic (exact) mass is 426 g/mol. The van der Waals surface area contributed by atoms with Gasteiger partial charge in [-0.3, -0.25) is 4.79 Å². The highest BCUT2D eigenvalue weighted by molar-refractivity contribution is 7.89. The van der Waals surface area contributed by atoms with Gasteiger partial charge in [0, 0.05) is 19.0 Å². The Hall–Kier alpha value is -2.30. The molecule has 0 bridgehead atoms. The number of rotatable bonds is 5. The number of benzene rings is 1. The summed E-state index contributed by atoms with van der Waals surface area (Å²) in [6.45, 7) is 0.227. The average molecular weight is 426 g/mol. The molecule has 0 radical (unpaired) electrons.